The summed E-state index contributed by atoms with van der Waals surface area (Å²) in [5.41, 5.74) is -0.577. The summed E-state index contributed by atoms with van der Waals surface area (Å²) in [5.74, 6) is 0. The number of hydrogen-bond donors (Lipinski definition) is 3. The Morgan fingerprint density at radius 2 is 1.78 bits per heavy atom. The molecule has 0 aliphatic rings. The van der Waals surface area contributed by atoms with E-state index in [1.165, 1.54) is 0 Å². The molecule has 132 valence electrons. The third-order valence-electron chi connectivity index (χ3n) is 2.87. The molecule has 0 bridgehead atoms. The van der Waals surface area contributed by atoms with Crippen LogP contribution < -0.4 is 10.0 Å². The lowest BCUT2D eigenvalue weighted by Crippen LogP contribution is -2.52. The van der Waals surface area contributed by atoms with Crippen molar-refractivity contribution < 1.29 is 17.9 Å². The van der Waals surface area contributed by atoms with Gasteiger partial charge in [-0.1, -0.05) is 0 Å². The number of ether oxygens (including phenoxy) is 1. The van der Waals surface area contributed by atoms with Crippen molar-refractivity contribution in [3.8, 4) is 0 Å². The van der Waals surface area contributed by atoms with Crippen LogP contribution >= 0.6 is 0 Å². The Bertz CT molecular complexity index is 652. The summed E-state index contributed by atoms with van der Waals surface area (Å²) < 4.78 is 32.4. The minimum atomic E-state index is -3.72. The van der Waals surface area contributed by atoms with Crippen molar-refractivity contribution >= 4 is 16.1 Å². The molecule has 3 N–H and O–H groups in total. The lowest BCUT2D eigenvalue weighted by Gasteiger charge is -2.28. The van der Waals surface area contributed by atoms with Gasteiger partial charge in [0.2, 0.25) is 10.0 Å². The molecule has 0 fully saturated rings. The summed E-state index contributed by atoms with van der Waals surface area (Å²) in [4.78, 5) is 11.9. The van der Waals surface area contributed by atoms with Crippen molar-refractivity contribution in [1.82, 2.24) is 20.2 Å². The molecule has 0 aliphatic carbocycles. The van der Waals surface area contributed by atoms with Gasteiger partial charge in [-0.25, -0.2) is 17.9 Å². The molecule has 1 heterocycles. The molecule has 0 radical (unpaired) electrons. The van der Waals surface area contributed by atoms with Gasteiger partial charge in [-0.15, -0.1) is 0 Å². The number of alkyl carbamates (subject to hydrolysis) is 1. The number of sulfonamides is 1. The van der Waals surface area contributed by atoms with Crippen LogP contribution in [0.1, 0.15) is 46.0 Å². The summed E-state index contributed by atoms with van der Waals surface area (Å²) in [6.07, 6.45) is -0.600. The first kappa shape index (κ1) is 19.4. The van der Waals surface area contributed by atoms with Gasteiger partial charge in [0.05, 0.1) is 16.9 Å². The molecule has 0 spiro atoms. The third-order valence-corrected chi connectivity index (χ3v) is 4.54. The number of aromatic nitrogens is 2. The van der Waals surface area contributed by atoms with Crippen LogP contribution in [0.2, 0.25) is 0 Å². The lowest BCUT2D eigenvalue weighted by atomic mass is 10.1. The van der Waals surface area contributed by atoms with Crippen molar-refractivity contribution in [2.45, 2.75) is 64.5 Å². The summed E-state index contributed by atoms with van der Waals surface area (Å²) in [5, 5.41) is 9.17. The molecule has 1 amide bonds. The van der Waals surface area contributed by atoms with Gasteiger partial charge in [-0.05, 0) is 48.5 Å². The molecule has 0 atom stereocenters. The highest BCUT2D eigenvalue weighted by Crippen LogP contribution is 2.17. The first-order chi connectivity index (χ1) is 10.2. The first-order valence-electron chi connectivity index (χ1n) is 7.26. The Kier molecular flexibility index (Phi) is 5.48. The Morgan fingerprint density at radius 1 is 1.22 bits per heavy atom. The van der Waals surface area contributed by atoms with Crippen molar-refractivity contribution in [2.75, 3.05) is 6.54 Å². The number of aryl methyl sites for hydroxylation is 2. The average Bonchev–Trinajstić information content (AvgIpc) is 2.64. The highest BCUT2D eigenvalue weighted by molar-refractivity contribution is 7.89. The summed E-state index contributed by atoms with van der Waals surface area (Å²) in [6.45, 7) is 11.9. The summed E-state index contributed by atoms with van der Waals surface area (Å²) >= 11 is 0. The zero-order valence-electron chi connectivity index (χ0n) is 14.7. The van der Waals surface area contributed by atoms with Crippen LogP contribution in [0.5, 0.6) is 0 Å². The topological polar surface area (TPSA) is 113 Å². The van der Waals surface area contributed by atoms with Gasteiger partial charge in [0.15, 0.2) is 0 Å². The molecule has 0 aliphatic heterocycles. The number of rotatable bonds is 5. The van der Waals surface area contributed by atoms with E-state index in [0.29, 0.717) is 11.4 Å². The van der Waals surface area contributed by atoms with Gasteiger partial charge in [0, 0.05) is 6.54 Å². The maximum Gasteiger partial charge on any atom is 0.408 e. The fourth-order valence-corrected chi connectivity index (χ4v) is 3.49. The van der Waals surface area contributed by atoms with Gasteiger partial charge < -0.3 is 10.1 Å². The summed E-state index contributed by atoms with van der Waals surface area (Å²) in [7, 11) is -3.72. The zero-order chi connectivity index (χ0) is 18.1. The lowest BCUT2D eigenvalue weighted by molar-refractivity contribution is 0.0474. The van der Waals surface area contributed by atoms with E-state index < -0.39 is 27.3 Å². The molecular weight excluding hydrogens is 320 g/mol. The molecular formula is C14H26N4O4S. The maximum absolute atomic E-state index is 12.4. The van der Waals surface area contributed by atoms with Crippen LogP contribution in [0, 0.1) is 13.8 Å². The van der Waals surface area contributed by atoms with Crippen molar-refractivity contribution in [2.24, 2.45) is 0 Å². The van der Waals surface area contributed by atoms with E-state index in [0.717, 1.165) is 0 Å². The molecule has 1 aromatic heterocycles. The number of nitrogens with zero attached hydrogens (tertiary/aromatic N) is 1. The molecule has 9 heteroatoms. The van der Waals surface area contributed by atoms with E-state index >= 15 is 0 Å². The fourth-order valence-electron chi connectivity index (χ4n) is 1.91. The Labute approximate surface area is 137 Å². The van der Waals surface area contributed by atoms with Crippen LogP contribution in [0.3, 0.4) is 0 Å². The maximum atomic E-state index is 12.4. The molecule has 23 heavy (non-hydrogen) atoms. The number of nitrogens with one attached hydrogen (secondary N) is 3. The molecule has 0 saturated carbocycles. The molecule has 1 rings (SSSR count). The van der Waals surface area contributed by atoms with Crippen molar-refractivity contribution in [3.63, 3.8) is 0 Å². The molecule has 0 unspecified atom stereocenters. The molecule has 8 nitrogen and oxygen atoms in total. The number of H-pyrrole nitrogens is 1. The monoisotopic (exact) mass is 346 g/mol. The normalized spacial score (nSPS) is 13.0. The van der Waals surface area contributed by atoms with Crippen molar-refractivity contribution in [1.29, 1.82) is 0 Å². The minimum Gasteiger partial charge on any atom is -0.444 e. The van der Waals surface area contributed by atoms with Gasteiger partial charge in [0.1, 0.15) is 10.5 Å². The number of carbonyl (C=O) groups excluding carboxylic acids is 1. The standard InChI is InChI=1S/C14H26N4O4S/c1-9-11(10(2)18-17-9)23(20,21)15-8-14(6,7)16-12(19)22-13(3,4)5/h15H,8H2,1-7H3,(H,16,19)(H,17,18). The van der Waals surface area contributed by atoms with Crippen LogP contribution in [0.15, 0.2) is 4.90 Å². The Morgan fingerprint density at radius 3 is 2.22 bits per heavy atom. The van der Waals surface area contributed by atoms with Crippen LogP contribution in [-0.4, -0.2) is 42.4 Å². The first-order valence-corrected chi connectivity index (χ1v) is 8.74. The van der Waals surface area contributed by atoms with Crippen LogP contribution in [0.4, 0.5) is 4.79 Å². The van der Waals surface area contributed by atoms with E-state index in [1.54, 1.807) is 48.5 Å². The number of aromatic amines is 1. The van der Waals surface area contributed by atoms with Crippen molar-refractivity contribution in [3.05, 3.63) is 11.4 Å². The largest absolute Gasteiger partial charge is 0.444 e. The van der Waals surface area contributed by atoms with E-state index in [1.807, 2.05) is 0 Å². The minimum absolute atomic E-state index is 0.0125. The number of amides is 1. The molecule has 0 aromatic carbocycles. The smallest absolute Gasteiger partial charge is 0.408 e. The quantitative estimate of drug-likeness (QED) is 0.749. The summed E-state index contributed by atoms with van der Waals surface area (Å²) in [6, 6.07) is 0. The predicted octanol–water partition coefficient (Wildman–Crippen LogP) is 1.61. The Balaban J connectivity index is 2.74. The predicted molar refractivity (Wildman–Crippen MR) is 86.7 cm³/mol. The van der Waals surface area contributed by atoms with Crippen LogP contribution in [0.25, 0.3) is 0 Å². The number of hydrogen-bond acceptors (Lipinski definition) is 5. The van der Waals surface area contributed by atoms with E-state index in [9.17, 15) is 13.2 Å². The van der Waals surface area contributed by atoms with Gasteiger partial charge >= 0.3 is 6.09 Å². The highest BCUT2D eigenvalue weighted by atomic mass is 32.2. The zero-order valence-corrected chi connectivity index (χ0v) is 15.5. The van der Waals surface area contributed by atoms with E-state index in [4.69, 9.17) is 4.74 Å². The number of carbonyl (C=O) groups is 1. The second-order valence-corrected chi connectivity index (χ2v) is 8.80. The Hall–Kier alpha value is -1.61. The van der Waals surface area contributed by atoms with E-state index in [-0.39, 0.29) is 11.4 Å². The van der Waals surface area contributed by atoms with E-state index in [2.05, 4.69) is 20.2 Å². The third kappa shape index (κ3) is 5.83. The molecule has 0 saturated heterocycles. The van der Waals surface area contributed by atoms with Gasteiger partial charge in [-0.2, -0.15) is 5.10 Å². The van der Waals surface area contributed by atoms with Gasteiger partial charge in [-0.3, -0.25) is 5.10 Å². The SMILES string of the molecule is Cc1n[nH]c(C)c1S(=O)(=O)NCC(C)(C)NC(=O)OC(C)(C)C. The highest BCUT2D eigenvalue weighted by Gasteiger charge is 2.28. The second-order valence-electron chi connectivity index (χ2n) is 7.10. The average molecular weight is 346 g/mol. The van der Waals surface area contributed by atoms with Crippen LogP contribution in [-0.2, 0) is 14.8 Å². The van der Waals surface area contributed by atoms with Gasteiger partial charge in [0.25, 0.3) is 0 Å². The second kappa shape index (κ2) is 6.48. The molecule has 1 aromatic rings. The fraction of sp³-hybridized carbons (Fsp3) is 0.714.